The zero-order valence-electron chi connectivity index (χ0n) is 16.4. The van der Waals surface area contributed by atoms with Crippen LogP contribution in [0.5, 0.6) is 11.5 Å². The second-order valence-electron chi connectivity index (χ2n) is 7.81. The Bertz CT molecular complexity index is 693. The molecule has 0 aromatic heterocycles. The van der Waals surface area contributed by atoms with Crippen molar-refractivity contribution in [2.45, 2.75) is 45.6 Å². The van der Waals surface area contributed by atoms with E-state index in [2.05, 4.69) is 18.7 Å². The number of anilines is 1. The Morgan fingerprint density at radius 3 is 2.68 bits per heavy atom. The molecule has 28 heavy (non-hydrogen) atoms. The van der Waals surface area contributed by atoms with Crippen LogP contribution in [0.1, 0.15) is 38.7 Å². The number of likely N-dealkylation sites (tertiary alicyclic amines) is 1. The van der Waals surface area contributed by atoms with Crippen molar-refractivity contribution in [3.63, 3.8) is 0 Å². The van der Waals surface area contributed by atoms with Crippen LogP contribution in [0.2, 0.25) is 5.02 Å². The average molecular weight is 433 g/mol. The summed E-state index contributed by atoms with van der Waals surface area (Å²) in [5, 5.41) is 9.56. The summed E-state index contributed by atoms with van der Waals surface area (Å²) >= 11 is 6.28. The summed E-state index contributed by atoms with van der Waals surface area (Å²) in [6.45, 7) is 7.90. The molecule has 2 aliphatic rings. The first-order valence-corrected chi connectivity index (χ1v) is 10.1. The van der Waals surface area contributed by atoms with Gasteiger partial charge in [0.2, 0.25) is 6.10 Å². The fraction of sp³-hybridized carbons (Fsp3) is 0.650. The number of benzene rings is 1. The smallest absolute Gasteiger partial charge is 0.348 e. The number of hydrogen-bond donors (Lipinski definition) is 2. The summed E-state index contributed by atoms with van der Waals surface area (Å²) in [4.78, 5) is 13.8. The van der Waals surface area contributed by atoms with Gasteiger partial charge in [0.1, 0.15) is 6.61 Å². The monoisotopic (exact) mass is 432 g/mol. The van der Waals surface area contributed by atoms with Gasteiger partial charge in [-0.3, -0.25) is 0 Å². The maximum Gasteiger partial charge on any atom is 0.348 e. The third-order valence-corrected chi connectivity index (χ3v) is 6.01. The number of halogens is 2. The minimum Gasteiger partial charge on any atom is -0.485 e. The molecule has 0 radical (unpaired) electrons. The lowest BCUT2D eigenvalue weighted by Gasteiger charge is -2.34. The van der Waals surface area contributed by atoms with Gasteiger partial charge >= 0.3 is 5.97 Å². The molecule has 3 N–H and O–H groups in total. The molecule has 8 heteroatoms. The summed E-state index contributed by atoms with van der Waals surface area (Å²) in [5.41, 5.74) is 7.20. The molecule has 2 unspecified atom stereocenters. The molecule has 1 saturated heterocycles. The van der Waals surface area contributed by atoms with Gasteiger partial charge in [0.25, 0.3) is 0 Å². The van der Waals surface area contributed by atoms with Gasteiger partial charge in [-0.1, -0.05) is 31.9 Å². The summed E-state index contributed by atoms with van der Waals surface area (Å²) < 4.78 is 11.3. The first-order valence-electron chi connectivity index (χ1n) is 9.74. The van der Waals surface area contributed by atoms with Gasteiger partial charge in [-0.2, -0.15) is 0 Å². The number of carbonyl (C=O) groups is 1. The number of nitrogen functional groups attached to an aromatic ring is 1. The summed E-state index contributed by atoms with van der Waals surface area (Å²) in [6, 6.07) is 1.84. The second-order valence-corrected chi connectivity index (χ2v) is 8.21. The van der Waals surface area contributed by atoms with Gasteiger partial charge in [0.05, 0.1) is 10.7 Å². The first kappa shape index (κ1) is 22.9. The van der Waals surface area contributed by atoms with Crippen molar-refractivity contribution in [1.82, 2.24) is 4.90 Å². The zero-order chi connectivity index (χ0) is 19.6. The third kappa shape index (κ3) is 5.16. The van der Waals surface area contributed by atoms with E-state index in [1.165, 1.54) is 13.0 Å². The van der Waals surface area contributed by atoms with E-state index in [9.17, 15) is 9.90 Å². The number of nitrogens with zero attached hydrogens (tertiary/aromatic N) is 1. The van der Waals surface area contributed by atoms with Crippen LogP contribution in [-0.2, 0) is 11.2 Å². The lowest BCUT2D eigenvalue weighted by molar-refractivity contribution is -0.147. The van der Waals surface area contributed by atoms with Gasteiger partial charge in [0.15, 0.2) is 11.5 Å². The molecule has 0 saturated carbocycles. The van der Waals surface area contributed by atoms with Crippen LogP contribution in [0.4, 0.5) is 5.69 Å². The largest absolute Gasteiger partial charge is 0.485 e. The minimum atomic E-state index is -1.07. The zero-order valence-corrected chi connectivity index (χ0v) is 18.0. The molecule has 6 nitrogen and oxygen atoms in total. The number of piperidine rings is 1. The van der Waals surface area contributed by atoms with Gasteiger partial charge in [-0.15, -0.1) is 12.4 Å². The quantitative estimate of drug-likeness (QED) is 0.663. The molecular formula is C20H30Cl2N2O4. The highest BCUT2D eigenvalue weighted by Crippen LogP contribution is 2.45. The molecule has 2 aliphatic heterocycles. The van der Waals surface area contributed by atoms with E-state index in [0.29, 0.717) is 16.7 Å². The second kappa shape index (κ2) is 9.90. The lowest BCUT2D eigenvalue weighted by Crippen LogP contribution is -2.38. The summed E-state index contributed by atoms with van der Waals surface area (Å²) in [5.74, 6) is 1.03. The van der Waals surface area contributed by atoms with Crippen molar-refractivity contribution in [3.05, 3.63) is 16.7 Å². The number of aliphatic carboxylic acids is 1. The van der Waals surface area contributed by atoms with Crippen molar-refractivity contribution in [2.75, 3.05) is 32.0 Å². The van der Waals surface area contributed by atoms with E-state index in [-0.39, 0.29) is 30.5 Å². The normalized spacial score (nSPS) is 21.0. The van der Waals surface area contributed by atoms with E-state index in [1.807, 2.05) is 6.07 Å². The highest BCUT2D eigenvalue weighted by atomic mass is 35.5. The number of fused-ring (bicyclic) bond motifs is 1. The molecule has 158 valence electrons. The van der Waals surface area contributed by atoms with Crippen LogP contribution in [-0.4, -0.2) is 48.3 Å². The topological polar surface area (TPSA) is 85.0 Å². The third-order valence-electron chi connectivity index (χ3n) is 5.70. The standard InChI is InChI=1S/C20H29ClN2O4.ClH/c1-3-12(2)10-23-6-4-13(5-7-23)8-14-9-15(21)17(22)19-18(14)26-11-16(27-19)20(24)25;/h9,12-13,16H,3-8,10-11,22H2,1-2H3,(H,24,25);1H. The van der Waals surface area contributed by atoms with E-state index < -0.39 is 12.1 Å². The Labute approximate surface area is 177 Å². The predicted octanol–water partition coefficient (Wildman–Crippen LogP) is 3.87. The molecule has 0 amide bonds. The van der Waals surface area contributed by atoms with E-state index >= 15 is 0 Å². The average Bonchev–Trinajstić information content (AvgIpc) is 2.66. The van der Waals surface area contributed by atoms with Crippen LogP contribution in [0, 0.1) is 11.8 Å². The Balaban J connectivity index is 0.00000280. The van der Waals surface area contributed by atoms with Crippen molar-refractivity contribution < 1.29 is 19.4 Å². The maximum atomic E-state index is 11.2. The van der Waals surface area contributed by atoms with Crippen molar-refractivity contribution in [2.24, 2.45) is 11.8 Å². The summed E-state index contributed by atoms with van der Waals surface area (Å²) in [6.07, 6.45) is 3.25. The first-order chi connectivity index (χ1) is 12.9. The van der Waals surface area contributed by atoms with Crippen molar-refractivity contribution in [1.29, 1.82) is 0 Å². The Morgan fingerprint density at radius 2 is 2.07 bits per heavy atom. The molecular weight excluding hydrogens is 403 g/mol. The molecule has 2 atom stereocenters. The Morgan fingerprint density at radius 1 is 1.39 bits per heavy atom. The fourth-order valence-electron chi connectivity index (χ4n) is 3.81. The Kier molecular flexibility index (Phi) is 8.10. The molecule has 3 rings (SSSR count). The molecule has 0 bridgehead atoms. The number of carboxylic acids is 1. The fourth-order valence-corrected chi connectivity index (χ4v) is 4.03. The highest BCUT2D eigenvalue weighted by Gasteiger charge is 2.32. The minimum absolute atomic E-state index is 0. The number of hydrogen-bond acceptors (Lipinski definition) is 5. The van der Waals surface area contributed by atoms with Crippen LogP contribution >= 0.6 is 24.0 Å². The predicted molar refractivity (Wildman–Crippen MR) is 113 cm³/mol. The SMILES string of the molecule is CCC(C)CN1CCC(Cc2cc(Cl)c(N)c3c2OCC(C(=O)O)O3)CC1.Cl. The van der Waals surface area contributed by atoms with Crippen LogP contribution in [0.3, 0.4) is 0 Å². The Hall–Kier alpha value is -1.37. The highest BCUT2D eigenvalue weighted by molar-refractivity contribution is 6.33. The summed E-state index contributed by atoms with van der Waals surface area (Å²) in [7, 11) is 0. The molecule has 1 fully saturated rings. The van der Waals surface area contributed by atoms with Crippen molar-refractivity contribution >= 4 is 35.7 Å². The van der Waals surface area contributed by atoms with Crippen LogP contribution in [0.15, 0.2) is 6.07 Å². The van der Waals surface area contributed by atoms with Crippen LogP contribution < -0.4 is 15.2 Å². The lowest BCUT2D eigenvalue weighted by atomic mass is 9.89. The number of nitrogens with two attached hydrogens (primary N) is 1. The molecule has 0 aliphatic carbocycles. The van der Waals surface area contributed by atoms with E-state index in [0.717, 1.165) is 43.8 Å². The van der Waals surface area contributed by atoms with Gasteiger partial charge in [0, 0.05) is 6.54 Å². The van der Waals surface area contributed by atoms with E-state index in [1.54, 1.807) is 0 Å². The molecule has 0 spiro atoms. The molecule has 2 heterocycles. The molecule has 1 aromatic rings. The van der Waals surface area contributed by atoms with Gasteiger partial charge in [-0.05, 0) is 55.8 Å². The maximum absolute atomic E-state index is 11.2. The van der Waals surface area contributed by atoms with Crippen molar-refractivity contribution in [3.8, 4) is 11.5 Å². The number of rotatable bonds is 6. The van der Waals surface area contributed by atoms with Crippen LogP contribution in [0.25, 0.3) is 0 Å². The number of ether oxygens (including phenoxy) is 2. The van der Waals surface area contributed by atoms with Gasteiger partial charge in [-0.25, -0.2) is 4.79 Å². The van der Waals surface area contributed by atoms with E-state index in [4.69, 9.17) is 26.8 Å². The molecule has 1 aromatic carbocycles. The van der Waals surface area contributed by atoms with Gasteiger partial charge < -0.3 is 25.2 Å². The number of carboxylic acid groups (broad SMARTS) is 1.